The molecule has 2 aromatic carbocycles. The van der Waals surface area contributed by atoms with Gasteiger partial charge in [0.15, 0.2) is 0 Å². The smallest absolute Gasteiger partial charge is 0.293 e. The highest BCUT2D eigenvalue weighted by Crippen LogP contribution is 2.28. The van der Waals surface area contributed by atoms with E-state index in [2.05, 4.69) is 16.3 Å². The molecular formula is C16H18ClN3O2. The van der Waals surface area contributed by atoms with E-state index in [1.807, 2.05) is 32.3 Å². The molecular weight excluding hydrogens is 302 g/mol. The van der Waals surface area contributed by atoms with E-state index in [0.29, 0.717) is 17.3 Å². The van der Waals surface area contributed by atoms with Gasteiger partial charge < -0.3 is 10.2 Å². The van der Waals surface area contributed by atoms with E-state index in [1.54, 1.807) is 12.1 Å². The minimum atomic E-state index is -0.431. The maximum atomic E-state index is 11.1. The van der Waals surface area contributed by atoms with Crippen LogP contribution >= 0.6 is 11.6 Å². The molecule has 0 amide bonds. The number of nitro groups is 1. The van der Waals surface area contributed by atoms with Gasteiger partial charge in [-0.25, -0.2) is 0 Å². The molecule has 2 rings (SSSR count). The van der Waals surface area contributed by atoms with Gasteiger partial charge in [0.1, 0.15) is 5.69 Å². The van der Waals surface area contributed by atoms with Crippen LogP contribution < -0.4 is 5.32 Å². The Kier molecular flexibility index (Phi) is 5.35. The average molecular weight is 320 g/mol. The van der Waals surface area contributed by atoms with Crippen LogP contribution in [0, 0.1) is 10.1 Å². The summed E-state index contributed by atoms with van der Waals surface area (Å²) in [6, 6.07) is 12.7. The molecule has 0 radical (unpaired) electrons. The lowest BCUT2D eigenvalue weighted by molar-refractivity contribution is -0.383. The molecule has 2 aromatic rings. The number of hydrogen-bond donors (Lipinski definition) is 1. The number of nitrogens with one attached hydrogen (secondary N) is 1. The van der Waals surface area contributed by atoms with E-state index in [4.69, 9.17) is 11.6 Å². The van der Waals surface area contributed by atoms with Crippen molar-refractivity contribution in [1.82, 2.24) is 4.90 Å². The minimum absolute atomic E-state index is 0.0161. The molecule has 0 atom stereocenters. The second-order valence-corrected chi connectivity index (χ2v) is 5.72. The zero-order valence-electron chi connectivity index (χ0n) is 12.5. The molecule has 1 N–H and O–H groups in total. The Labute approximate surface area is 134 Å². The highest BCUT2D eigenvalue weighted by Gasteiger charge is 2.14. The summed E-state index contributed by atoms with van der Waals surface area (Å²) in [6.45, 7) is 1.34. The van der Waals surface area contributed by atoms with E-state index >= 15 is 0 Å². The standard InChI is InChI=1S/C16H18ClN3O2/c1-19(2)11-13-6-4-3-5-12(13)10-18-15-8-7-14(17)9-16(15)20(21)22/h3-9,18H,10-11H2,1-2H3. The van der Waals surface area contributed by atoms with Crippen LogP contribution in [0.2, 0.25) is 5.02 Å². The molecule has 116 valence electrons. The summed E-state index contributed by atoms with van der Waals surface area (Å²) in [5.41, 5.74) is 2.75. The van der Waals surface area contributed by atoms with Crippen LogP contribution in [-0.2, 0) is 13.1 Å². The van der Waals surface area contributed by atoms with Crippen molar-refractivity contribution in [2.75, 3.05) is 19.4 Å². The van der Waals surface area contributed by atoms with Gasteiger partial charge in [0.2, 0.25) is 0 Å². The van der Waals surface area contributed by atoms with Crippen molar-refractivity contribution in [3.8, 4) is 0 Å². The van der Waals surface area contributed by atoms with E-state index in [-0.39, 0.29) is 5.69 Å². The number of hydrogen-bond acceptors (Lipinski definition) is 4. The molecule has 0 heterocycles. The Balaban J connectivity index is 2.19. The van der Waals surface area contributed by atoms with E-state index in [1.165, 1.54) is 11.6 Å². The van der Waals surface area contributed by atoms with Gasteiger partial charge in [0.25, 0.3) is 5.69 Å². The molecule has 0 spiro atoms. The second kappa shape index (κ2) is 7.24. The van der Waals surface area contributed by atoms with Gasteiger partial charge in [-0.15, -0.1) is 0 Å². The summed E-state index contributed by atoms with van der Waals surface area (Å²) in [5.74, 6) is 0. The summed E-state index contributed by atoms with van der Waals surface area (Å²) in [6.07, 6.45) is 0. The Morgan fingerprint density at radius 1 is 1.18 bits per heavy atom. The van der Waals surface area contributed by atoms with Crippen LogP contribution in [0.15, 0.2) is 42.5 Å². The summed E-state index contributed by atoms with van der Waals surface area (Å²) < 4.78 is 0. The Hall–Kier alpha value is -2.11. The van der Waals surface area contributed by atoms with Crippen molar-refractivity contribution in [1.29, 1.82) is 0 Å². The summed E-state index contributed by atoms with van der Waals surface area (Å²) in [5, 5.41) is 14.6. The topological polar surface area (TPSA) is 58.4 Å². The number of halogens is 1. The normalized spacial score (nSPS) is 10.7. The van der Waals surface area contributed by atoms with Crippen LogP contribution in [0.25, 0.3) is 0 Å². The lowest BCUT2D eigenvalue weighted by Gasteiger charge is -2.15. The quantitative estimate of drug-likeness (QED) is 0.647. The third kappa shape index (κ3) is 4.19. The van der Waals surface area contributed by atoms with E-state index in [9.17, 15) is 10.1 Å². The number of rotatable bonds is 6. The molecule has 0 bridgehead atoms. The summed E-state index contributed by atoms with van der Waals surface area (Å²) >= 11 is 5.82. The Morgan fingerprint density at radius 3 is 2.50 bits per heavy atom. The van der Waals surface area contributed by atoms with Crippen LogP contribution in [0.3, 0.4) is 0 Å². The first-order valence-electron chi connectivity index (χ1n) is 6.86. The molecule has 0 aliphatic rings. The molecule has 0 aromatic heterocycles. The molecule has 0 saturated heterocycles. The fourth-order valence-corrected chi connectivity index (χ4v) is 2.39. The van der Waals surface area contributed by atoms with Gasteiger partial charge in [-0.2, -0.15) is 0 Å². The molecule has 5 nitrogen and oxygen atoms in total. The summed E-state index contributed by atoms with van der Waals surface area (Å²) in [4.78, 5) is 12.8. The SMILES string of the molecule is CN(C)Cc1ccccc1CNc1ccc(Cl)cc1[N+](=O)[O-]. The number of nitrogens with zero attached hydrogens (tertiary/aromatic N) is 2. The Morgan fingerprint density at radius 2 is 1.86 bits per heavy atom. The average Bonchev–Trinajstić information content (AvgIpc) is 2.46. The molecule has 0 unspecified atom stereocenters. The monoisotopic (exact) mass is 319 g/mol. The van der Waals surface area contributed by atoms with Gasteiger partial charge in [-0.1, -0.05) is 35.9 Å². The molecule has 0 fully saturated rings. The van der Waals surface area contributed by atoms with E-state index < -0.39 is 4.92 Å². The fourth-order valence-electron chi connectivity index (χ4n) is 2.22. The number of benzene rings is 2. The van der Waals surface area contributed by atoms with Crippen LogP contribution in [-0.4, -0.2) is 23.9 Å². The second-order valence-electron chi connectivity index (χ2n) is 5.28. The van der Waals surface area contributed by atoms with Crippen LogP contribution in [0.4, 0.5) is 11.4 Å². The van der Waals surface area contributed by atoms with E-state index in [0.717, 1.165) is 12.1 Å². The minimum Gasteiger partial charge on any atom is -0.375 e. The molecule has 6 heteroatoms. The van der Waals surface area contributed by atoms with Gasteiger partial charge in [0.05, 0.1) is 4.92 Å². The lowest BCUT2D eigenvalue weighted by Crippen LogP contribution is -2.13. The zero-order valence-corrected chi connectivity index (χ0v) is 13.3. The maximum absolute atomic E-state index is 11.1. The number of nitro benzene ring substituents is 1. The lowest BCUT2D eigenvalue weighted by atomic mass is 10.1. The molecule has 0 aliphatic carbocycles. The van der Waals surface area contributed by atoms with Crippen molar-refractivity contribution in [3.63, 3.8) is 0 Å². The third-order valence-corrected chi connectivity index (χ3v) is 3.47. The van der Waals surface area contributed by atoms with Gasteiger partial charge in [0, 0.05) is 24.2 Å². The van der Waals surface area contributed by atoms with Crippen molar-refractivity contribution >= 4 is 23.0 Å². The molecule has 22 heavy (non-hydrogen) atoms. The van der Waals surface area contributed by atoms with Gasteiger partial charge in [-0.3, -0.25) is 10.1 Å². The van der Waals surface area contributed by atoms with Crippen LogP contribution in [0.5, 0.6) is 0 Å². The molecule has 0 saturated carbocycles. The highest BCUT2D eigenvalue weighted by atomic mass is 35.5. The molecule has 0 aliphatic heterocycles. The first kappa shape index (κ1) is 16.3. The van der Waals surface area contributed by atoms with Crippen molar-refractivity contribution in [3.05, 3.63) is 68.7 Å². The predicted molar refractivity (Wildman–Crippen MR) is 89.3 cm³/mol. The fraction of sp³-hybridized carbons (Fsp3) is 0.250. The van der Waals surface area contributed by atoms with Crippen molar-refractivity contribution in [2.24, 2.45) is 0 Å². The van der Waals surface area contributed by atoms with Crippen molar-refractivity contribution in [2.45, 2.75) is 13.1 Å². The maximum Gasteiger partial charge on any atom is 0.293 e. The summed E-state index contributed by atoms with van der Waals surface area (Å²) in [7, 11) is 4.02. The highest BCUT2D eigenvalue weighted by molar-refractivity contribution is 6.30. The van der Waals surface area contributed by atoms with Crippen LogP contribution in [0.1, 0.15) is 11.1 Å². The van der Waals surface area contributed by atoms with Gasteiger partial charge >= 0.3 is 0 Å². The Bertz CT molecular complexity index is 674. The van der Waals surface area contributed by atoms with Gasteiger partial charge in [-0.05, 0) is 37.4 Å². The third-order valence-electron chi connectivity index (χ3n) is 3.23. The zero-order chi connectivity index (χ0) is 16.1. The largest absolute Gasteiger partial charge is 0.375 e. The first-order chi connectivity index (χ1) is 10.5. The first-order valence-corrected chi connectivity index (χ1v) is 7.24. The van der Waals surface area contributed by atoms with Crippen molar-refractivity contribution < 1.29 is 4.92 Å². The number of anilines is 1. The predicted octanol–water partition coefficient (Wildman–Crippen LogP) is 3.92.